The molecular weight excluding hydrogens is 359 g/mol. The van der Waals surface area contributed by atoms with Crippen LogP contribution in [0.3, 0.4) is 0 Å². The van der Waals surface area contributed by atoms with E-state index in [9.17, 15) is 18.0 Å². The molecule has 0 aliphatic heterocycles. The van der Waals surface area contributed by atoms with Gasteiger partial charge < -0.3 is 4.74 Å². The fourth-order valence-corrected chi connectivity index (χ4v) is 3.03. The number of esters is 1. The van der Waals surface area contributed by atoms with Crippen LogP contribution in [0, 0.1) is 11.3 Å². The zero-order valence-electron chi connectivity index (χ0n) is 10.3. The van der Waals surface area contributed by atoms with E-state index in [2.05, 4.69) is 15.9 Å². The van der Waals surface area contributed by atoms with E-state index in [4.69, 9.17) is 10.00 Å². The highest BCUT2D eigenvalue weighted by Crippen LogP contribution is 2.42. The molecule has 8 heteroatoms. The maximum Gasteiger partial charge on any atom is 0.446 e. The molecule has 0 atom stereocenters. The Morgan fingerprint density at radius 2 is 2.15 bits per heavy atom. The third-order valence-corrected chi connectivity index (χ3v) is 3.69. The van der Waals surface area contributed by atoms with Crippen molar-refractivity contribution in [1.82, 2.24) is 0 Å². The summed E-state index contributed by atoms with van der Waals surface area (Å²) in [4.78, 5) is 11.4. The molecule has 3 nitrogen and oxygen atoms in total. The molecule has 20 heavy (non-hydrogen) atoms. The molecule has 0 heterocycles. The lowest BCUT2D eigenvalue weighted by molar-refractivity contribution is -0.0328. The minimum absolute atomic E-state index is 0.0293. The standard InChI is InChI=1S/C12H9BrF3NO2S/c1-2-19-11(18)8-4-3-7(6-17)9(5-13)10(8)20-12(14,15)16/h3-4H,2,5H2,1H3. The highest BCUT2D eigenvalue weighted by atomic mass is 79.9. The number of ether oxygens (including phenoxy) is 1. The topological polar surface area (TPSA) is 50.1 Å². The van der Waals surface area contributed by atoms with Crippen molar-refractivity contribution in [2.75, 3.05) is 6.61 Å². The van der Waals surface area contributed by atoms with E-state index in [0.717, 1.165) is 0 Å². The highest BCUT2D eigenvalue weighted by molar-refractivity contribution is 9.08. The van der Waals surface area contributed by atoms with E-state index in [-0.39, 0.29) is 33.5 Å². The van der Waals surface area contributed by atoms with Crippen LogP contribution in [0.5, 0.6) is 0 Å². The highest BCUT2D eigenvalue weighted by Gasteiger charge is 2.33. The fourth-order valence-electron chi connectivity index (χ4n) is 1.47. The zero-order chi connectivity index (χ0) is 15.3. The van der Waals surface area contributed by atoms with Crippen molar-refractivity contribution in [3.63, 3.8) is 0 Å². The monoisotopic (exact) mass is 367 g/mol. The number of nitrogens with zero attached hydrogens (tertiary/aromatic N) is 1. The normalized spacial score (nSPS) is 11.0. The van der Waals surface area contributed by atoms with Crippen LogP contribution in [0.25, 0.3) is 0 Å². The summed E-state index contributed by atoms with van der Waals surface area (Å²) in [7, 11) is 0. The molecule has 0 fully saturated rings. The third-order valence-electron chi connectivity index (χ3n) is 2.23. The summed E-state index contributed by atoms with van der Waals surface area (Å²) in [6.07, 6.45) is 0. The molecule has 0 unspecified atom stereocenters. The molecule has 1 aromatic rings. The molecule has 0 aliphatic rings. The van der Waals surface area contributed by atoms with Gasteiger partial charge in [-0.1, -0.05) is 15.9 Å². The van der Waals surface area contributed by atoms with Gasteiger partial charge in [0.2, 0.25) is 0 Å². The first-order valence-corrected chi connectivity index (χ1v) is 7.32. The van der Waals surface area contributed by atoms with E-state index in [1.807, 2.05) is 6.07 Å². The van der Waals surface area contributed by atoms with E-state index >= 15 is 0 Å². The van der Waals surface area contributed by atoms with Gasteiger partial charge in [-0.25, -0.2) is 4.79 Å². The SMILES string of the molecule is CCOC(=O)c1ccc(C#N)c(CBr)c1SC(F)(F)F. The molecule has 0 bridgehead atoms. The lowest BCUT2D eigenvalue weighted by Crippen LogP contribution is -2.11. The van der Waals surface area contributed by atoms with Crippen LogP contribution in [0.1, 0.15) is 28.4 Å². The average molecular weight is 368 g/mol. The lowest BCUT2D eigenvalue weighted by atomic mass is 10.1. The Bertz CT molecular complexity index is 555. The minimum Gasteiger partial charge on any atom is -0.462 e. The first-order valence-electron chi connectivity index (χ1n) is 5.38. The quantitative estimate of drug-likeness (QED) is 0.453. The van der Waals surface area contributed by atoms with Gasteiger partial charge in [0.25, 0.3) is 0 Å². The van der Waals surface area contributed by atoms with E-state index in [1.165, 1.54) is 12.1 Å². The molecule has 1 rings (SSSR count). The molecule has 0 saturated heterocycles. The van der Waals surface area contributed by atoms with Gasteiger partial charge in [0.05, 0.1) is 23.8 Å². The summed E-state index contributed by atoms with van der Waals surface area (Å²) in [6.45, 7) is 1.61. The summed E-state index contributed by atoms with van der Waals surface area (Å²) >= 11 is 2.63. The van der Waals surface area contributed by atoms with Crippen molar-refractivity contribution in [3.8, 4) is 6.07 Å². The largest absolute Gasteiger partial charge is 0.462 e. The Labute approximate surface area is 126 Å². The number of carbonyl (C=O) groups is 1. The summed E-state index contributed by atoms with van der Waals surface area (Å²) in [6, 6.07) is 4.29. The van der Waals surface area contributed by atoms with Crippen LogP contribution < -0.4 is 0 Å². The molecule has 0 saturated carbocycles. The van der Waals surface area contributed by atoms with Crippen LogP contribution in [0.4, 0.5) is 13.2 Å². The smallest absolute Gasteiger partial charge is 0.446 e. The molecule has 0 amide bonds. The average Bonchev–Trinajstić information content (AvgIpc) is 2.36. The van der Waals surface area contributed by atoms with Crippen LogP contribution >= 0.6 is 27.7 Å². The number of hydrogen-bond acceptors (Lipinski definition) is 4. The number of carbonyl (C=O) groups excluding carboxylic acids is 1. The number of rotatable bonds is 4. The first kappa shape index (κ1) is 16.9. The Morgan fingerprint density at radius 1 is 1.50 bits per heavy atom. The maximum atomic E-state index is 12.6. The Morgan fingerprint density at radius 3 is 2.60 bits per heavy atom. The van der Waals surface area contributed by atoms with Gasteiger partial charge in [-0.15, -0.1) is 0 Å². The molecule has 1 aromatic carbocycles. The van der Waals surface area contributed by atoms with Crippen molar-refractivity contribution >= 4 is 33.7 Å². The second kappa shape index (κ2) is 6.99. The first-order chi connectivity index (χ1) is 9.34. The second-order valence-corrected chi connectivity index (χ2v) is 5.12. The van der Waals surface area contributed by atoms with Gasteiger partial charge in [0.15, 0.2) is 0 Å². The summed E-state index contributed by atoms with van der Waals surface area (Å²) in [5.74, 6) is -0.842. The zero-order valence-corrected chi connectivity index (χ0v) is 12.7. The number of thioether (sulfide) groups is 1. The molecule has 0 aliphatic carbocycles. The number of halogens is 4. The minimum atomic E-state index is -4.56. The van der Waals surface area contributed by atoms with Crippen molar-refractivity contribution < 1.29 is 22.7 Å². The molecule has 108 valence electrons. The van der Waals surface area contributed by atoms with Crippen molar-refractivity contribution in [3.05, 3.63) is 28.8 Å². The number of alkyl halides is 4. The van der Waals surface area contributed by atoms with Gasteiger partial charge in [-0.2, -0.15) is 18.4 Å². The Hall–Kier alpha value is -1.20. The van der Waals surface area contributed by atoms with Crippen molar-refractivity contribution in [2.24, 2.45) is 0 Å². The predicted molar refractivity (Wildman–Crippen MR) is 71.7 cm³/mol. The van der Waals surface area contributed by atoms with E-state index in [0.29, 0.717) is 0 Å². The van der Waals surface area contributed by atoms with E-state index < -0.39 is 23.2 Å². The van der Waals surface area contributed by atoms with Gasteiger partial charge in [0, 0.05) is 10.2 Å². The van der Waals surface area contributed by atoms with Gasteiger partial charge in [0.1, 0.15) is 0 Å². The predicted octanol–water partition coefficient (Wildman–Crippen LogP) is 4.24. The summed E-state index contributed by atoms with van der Waals surface area (Å²) in [5, 5.41) is 8.96. The van der Waals surface area contributed by atoms with Crippen LogP contribution in [-0.4, -0.2) is 18.1 Å². The van der Waals surface area contributed by atoms with Gasteiger partial charge >= 0.3 is 11.5 Å². The number of nitriles is 1. The van der Waals surface area contributed by atoms with E-state index in [1.54, 1.807) is 6.92 Å². The van der Waals surface area contributed by atoms with Gasteiger partial charge in [-0.05, 0) is 36.4 Å². The van der Waals surface area contributed by atoms with Gasteiger partial charge in [-0.3, -0.25) is 0 Å². The number of hydrogen-bond donors (Lipinski definition) is 0. The molecule has 0 spiro atoms. The molecular formula is C12H9BrF3NO2S. The van der Waals surface area contributed by atoms with Crippen LogP contribution in [0.2, 0.25) is 0 Å². The Kier molecular flexibility index (Phi) is 5.89. The third kappa shape index (κ3) is 4.15. The van der Waals surface area contributed by atoms with Crippen LogP contribution in [-0.2, 0) is 10.1 Å². The molecule has 0 radical (unpaired) electrons. The van der Waals surface area contributed by atoms with Crippen molar-refractivity contribution in [1.29, 1.82) is 5.26 Å². The molecule has 0 N–H and O–H groups in total. The Balaban J connectivity index is 3.44. The lowest BCUT2D eigenvalue weighted by Gasteiger charge is -2.15. The van der Waals surface area contributed by atoms with Crippen LogP contribution in [0.15, 0.2) is 17.0 Å². The number of benzene rings is 1. The molecule has 0 aromatic heterocycles. The van der Waals surface area contributed by atoms with Crippen molar-refractivity contribution in [2.45, 2.75) is 22.7 Å². The fraction of sp³-hybridized carbons (Fsp3) is 0.333. The summed E-state index contributed by atoms with van der Waals surface area (Å²) in [5.41, 5.74) is -4.55. The maximum absolute atomic E-state index is 12.6. The summed E-state index contributed by atoms with van der Waals surface area (Å²) < 4.78 is 42.6. The second-order valence-electron chi connectivity index (χ2n) is 3.48.